The summed E-state index contributed by atoms with van der Waals surface area (Å²) in [5.41, 5.74) is 0.850. The van der Waals surface area contributed by atoms with Crippen molar-refractivity contribution in [1.82, 2.24) is 0 Å². The minimum atomic E-state index is -4.20. The minimum Gasteiger partial charge on any atom is -0.547 e. The van der Waals surface area contributed by atoms with Crippen LogP contribution in [0.1, 0.15) is 6.42 Å². The number of fused-ring (bicyclic) bond motifs is 8. The first-order valence-corrected chi connectivity index (χ1v) is 19.4. The van der Waals surface area contributed by atoms with E-state index in [1.165, 1.54) is 7.11 Å². The number of sulfone groups is 2. The minimum absolute atomic E-state index is 0.0362. The summed E-state index contributed by atoms with van der Waals surface area (Å²) >= 11 is 0. The number of benzene rings is 4. The Labute approximate surface area is 230 Å². The molecule has 0 aromatic heterocycles. The first-order valence-electron chi connectivity index (χ1n) is 12.9. The van der Waals surface area contributed by atoms with Gasteiger partial charge in [-0.15, -0.1) is 0 Å². The van der Waals surface area contributed by atoms with Crippen LogP contribution in [0.4, 0.5) is 0 Å². The molecule has 6 nitrogen and oxygen atoms in total. The van der Waals surface area contributed by atoms with E-state index in [0.717, 1.165) is 10.8 Å². The first kappa shape index (κ1) is 26.3. The van der Waals surface area contributed by atoms with Gasteiger partial charge in [0.05, 0.1) is 26.9 Å². The number of rotatable bonds is 3. The summed E-state index contributed by atoms with van der Waals surface area (Å²) in [6.45, 7) is 6.02. The van der Waals surface area contributed by atoms with E-state index in [0.29, 0.717) is 27.7 Å². The first-order chi connectivity index (χ1) is 18.4. The van der Waals surface area contributed by atoms with Crippen LogP contribution < -0.4 is 0 Å². The fourth-order valence-corrected chi connectivity index (χ4v) is 11.9. The van der Waals surface area contributed by atoms with Crippen LogP contribution in [0.5, 0.6) is 0 Å². The highest BCUT2D eigenvalue weighted by Crippen LogP contribution is 2.49. The Hall–Kier alpha value is -2.98. The monoisotopic (exact) mass is 578 g/mol. The molecule has 0 amide bonds. The summed E-state index contributed by atoms with van der Waals surface area (Å²) in [7, 11) is -9.07. The molecule has 0 fully saturated rings. The van der Waals surface area contributed by atoms with Crippen molar-refractivity contribution in [3.8, 4) is 11.1 Å². The van der Waals surface area contributed by atoms with Gasteiger partial charge in [0.15, 0.2) is 19.7 Å². The quantitative estimate of drug-likeness (QED) is 0.273. The van der Waals surface area contributed by atoms with Gasteiger partial charge in [0.2, 0.25) is 8.32 Å². The standard InChI is InChI=1S/C30H30O6S2Si/c1-35-24-17-21(36-39(2,3)4)18-27-30(24)38(33,34)26-16-14-20-10-6-8-12-23(20)29(26)28-22-11-7-5-9-19(22)13-15-25(28)37(27,31)32/h5-17,24,27,30H,18H2,1-4H3/t24-,27+,30-/m1/s1. The van der Waals surface area contributed by atoms with Crippen LogP contribution in [0, 0.1) is 0 Å². The van der Waals surface area contributed by atoms with Crippen LogP contribution in [0.3, 0.4) is 0 Å². The van der Waals surface area contributed by atoms with Crippen LogP contribution in [-0.2, 0) is 28.8 Å². The van der Waals surface area contributed by atoms with E-state index in [2.05, 4.69) is 0 Å². The van der Waals surface area contributed by atoms with Gasteiger partial charge in [-0.3, -0.25) is 0 Å². The number of ether oxygens (including phenoxy) is 1. The molecule has 0 N–H and O–H groups in total. The summed E-state index contributed by atoms with van der Waals surface area (Å²) in [6, 6.07) is 21.8. The topological polar surface area (TPSA) is 86.7 Å². The van der Waals surface area contributed by atoms with Gasteiger partial charge in [0, 0.05) is 24.7 Å². The van der Waals surface area contributed by atoms with E-state index in [-0.39, 0.29) is 16.2 Å². The average Bonchev–Trinajstić information content (AvgIpc) is 2.89. The number of methoxy groups -OCH3 is 1. The van der Waals surface area contributed by atoms with E-state index in [1.807, 2.05) is 68.2 Å². The molecule has 1 heterocycles. The van der Waals surface area contributed by atoms with Crippen molar-refractivity contribution < 1.29 is 26.0 Å². The summed E-state index contributed by atoms with van der Waals surface area (Å²) in [5, 5.41) is 0.439. The Morgan fingerprint density at radius 2 is 1.23 bits per heavy atom. The number of hydrogen-bond acceptors (Lipinski definition) is 6. The van der Waals surface area contributed by atoms with Crippen molar-refractivity contribution in [2.24, 2.45) is 0 Å². The summed E-state index contributed by atoms with van der Waals surface area (Å²) in [4.78, 5) is 0.251. The highest BCUT2D eigenvalue weighted by Gasteiger charge is 2.53. The Morgan fingerprint density at radius 1 is 0.718 bits per heavy atom. The van der Waals surface area contributed by atoms with E-state index in [4.69, 9.17) is 9.16 Å². The van der Waals surface area contributed by atoms with Gasteiger partial charge in [0.1, 0.15) is 5.25 Å². The maximum atomic E-state index is 14.7. The zero-order valence-corrected chi connectivity index (χ0v) is 24.8. The van der Waals surface area contributed by atoms with Crippen LogP contribution in [0.25, 0.3) is 32.7 Å². The largest absolute Gasteiger partial charge is 0.547 e. The molecular weight excluding hydrogens is 549 g/mol. The molecule has 2 aliphatic rings. The Morgan fingerprint density at radius 3 is 1.74 bits per heavy atom. The lowest BCUT2D eigenvalue weighted by molar-refractivity contribution is 0.123. The van der Waals surface area contributed by atoms with Crippen molar-refractivity contribution in [2.45, 2.75) is 52.5 Å². The molecule has 39 heavy (non-hydrogen) atoms. The molecule has 4 aromatic rings. The number of hydrogen-bond donors (Lipinski definition) is 0. The molecule has 0 unspecified atom stereocenters. The second kappa shape index (κ2) is 9.02. The van der Waals surface area contributed by atoms with Gasteiger partial charge in [0.25, 0.3) is 0 Å². The van der Waals surface area contributed by atoms with E-state index in [9.17, 15) is 16.8 Å². The zero-order valence-electron chi connectivity index (χ0n) is 22.2. The van der Waals surface area contributed by atoms with Crippen LogP contribution in [0.2, 0.25) is 19.6 Å². The van der Waals surface area contributed by atoms with Crippen molar-refractivity contribution in [3.63, 3.8) is 0 Å². The lowest BCUT2D eigenvalue weighted by Crippen LogP contribution is -2.51. The smallest absolute Gasteiger partial charge is 0.241 e. The third kappa shape index (κ3) is 4.14. The predicted molar refractivity (Wildman–Crippen MR) is 157 cm³/mol. The van der Waals surface area contributed by atoms with E-state index < -0.39 is 44.6 Å². The molecule has 4 aromatic carbocycles. The van der Waals surface area contributed by atoms with Crippen LogP contribution in [0.15, 0.2) is 94.4 Å². The molecule has 1 aliphatic carbocycles. The Balaban J connectivity index is 1.78. The molecule has 0 saturated heterocycles. The van der Waals surface area contributed by atoms with Gasteiger partial charge in [-0.05, 0) is 59.4 Å². The number of allylic oxidation sites excluding steroid dienone is 1. The molecule has 202 valence electrons. The maximum absolute atomic E-state index is 14.7. The van der Waals surface area contributed by atoms with Crippen molar-refractivity contribution in [2.75, 3.05) is 7.11 Å². The Kier molecular flexibility index (Phi) is 6.07. The molecular formula is C30H30O6S2Si. The van der Waals surface area contributed by atoms with Crippen LogP contribution >= 0.6 is 0 Å². The molecule has 6 rings (SSSR count). The molecule has 9 heteroatoms. The maximum Gasteiger partial charge on any atom is 0.241 e. The third-order valence-electron chi connectivity index (χ3n) is 7.55. The van der Waals surface area contributed by atoms with Crippen molar-refractivity contribution >= 4 is 49.5 Å². The molecule has 0 spiro atoms. The lowest BCUT2D eigenvalue weighted by Gasteiger charge is -2.39. The predicted octanol–water partition coefficient (Wildman–Crippen LogP) is 6.11. The van der Waals surface area contributed by atoms with Gasteiger partial charge < -0.3 is 9.16 Å². The summed E-state index contributed by atoms with van der Waals surface area (Å²) in [6.07, 6.45) is 0.637. The van der Waals surface area contributed by atoms with Gasteiger partial charge in [-0.1, -0.05) is 60.7 Å². The lowest BCUT2D eigenvalue weighted by atomic mass is 9.93. The fourth-order valence-electron chi connectivity index (χ4n) is 6.01. The van der Waals surface area contributed by atoms with Crippen molar-refractivity contribution in [1.29, 1.82) is 0 Å². The van der Waals surface area contributed by atoms with Crippen LogP contribution in [-0.4, -0.2) is 48.9 Å². The zero-order chi connectivity index (χ0) is 27.7. The molecule has 0 radical (unpaired) electrons. The average molecular weight is 579 g/mol. The van der Waals surface area contributed by atoms with Gasteiger partial charge >= 0.3 is 0 Å². The fraction of sp³-hybridized carbons (Fsp3) is 0.267. The highest BCUT2D eigenvalue weighted by molar-refractivity contribution is 7.96. The highest BCUT2D eigenvalue weighted by atomic mass is 32.2. The Bertz CT molecular complexity index is 1890. The molecule has 1 aliphatic heterocycles. The second-order valence-electron chi connectivity index (χ2n) is 11.2. The second-order valence-corrected chi connectivity index (χ2v) is 19.8. The van der Waals surface area contributed by atoms with E-state index in [1.54, 1.807) is 30.3 Å². The molecule has 3 atom stereocenters. The normalized spacial score (nSPS) is 23.6. The SMILES string of the molecule is CO[C@@H]1C=C(O[Si](C)(C)C)C[C@H]2[C@@H]1S(=O)(=O)c1ccc3ccccc3c1-c1c(ccc3ccccc13)S2(=O)=O. The van der Waals surface area contributed by atoms with Gasteiger partial charge in [-0.2, -0.15) is 0 Å². The third-order valence-corrected chi connectivity index (χ3v) is 13.1. The molecule has 0 bridgehead atoms. The van der Waals surface area contributed by atoms with E-state index >= 15 is 0 Å². The summed E-state index contributed by atoms with van der Waals surface area (Å²) in [5.74, 6) is 0.475. The molecule has 0 saturated carbocycles. The van der Waals surface area contributed by atoms with Gasteiger partial charge in [-0.25, -0.2) is 16.8 Å². The summed E-state index contributed by atoms with van der Waals surface area (Å²) < 4.78 is 70.6. The van der Waals surface area contributed by atoms with Crippen molar-refractivity contribution in [3.05, 3.63) is 84.6 Å².